The second-order valence-electron chi connectivity index (χ2n) is 3.63. The Kier molecular flexibility index (Phi) is 2.70. The van der Waals surface area contributed by atoms with Crippen molar-refractivity contribution in [2.45, 2.75) is 18.9 Å². The van der Waals surface area contributed by atoms with E-state index in [1.165, 1.54) is 22.9 Å². The van der Waals surface area contributed by atoms with Crippen molar-refractivity contribution in [3.05, 3.63) is 34.3 Å². The van der Waals surface area contributed by atoms with Crippen LogP contribution in [0, 0.1) is 5.92 Å². The Hall–Kier alpha value is -0.340. The molecule has 1 aliphatic rings. The Bertz CT molecular complexity index is 294. The predicted octanol–water partition coefficient (Wildman–Crippen LogP) is 3.12. The van der Waals surface area contributed by atoms with Gasteiger partial charge in [-0.05, 0) is 37.4 Å². The van der Waals surface area contributed by atoms with E-state index in [1.807, 2.05) is 7.05 Å². The molecule has 1 N–H and O–H groups in total. The van der Waals surface area contributed by atoms with Crippen LogP contribution in [0.5, 0.6) is 0 Å². The molecule has 1 aromatic rings. The molecule has 0 amide bonds. The summed E-state index contributed by atoms with van der Waals surface area (Å²) < 4.78 is 1.22. The number of hydrogen-bond donors (Lipinski definition) is 1. The lowest BCUT2D eigenvalue weighted by Gasteiger charge is -2.17. The fraction of sp³-hybridized carbons (Fsp3) is 0.455. The summed E-state index contributed by atoms with van der Waals surface area (Å²) in [6.45, 7) is 0. The van der Waals surface area contributed by atoms with Crippen LogP contribution in [0.1, 0.15) is 24.4 Å². The van der Waals surface area contributed by atoms with Crippen LogP contribution in [0.2, 0.25) is 0 Å². The van der Waals surface area contributed by atoms with Gasteiger partial charge in [-0.15, -0.1) is 0 Å². The van der Waals surface area contributed by atoms with Crippen LogP contribution >= 0.6 is 15.9 Å². The SMILES string of the molecule is CNC(c1ccccc1Br)C1CC1. The summed E-state index contributed by atoms with van der Waals surface area (Å²) in [4.78, 5) is 0. The highest BCUT2D eigenvalue weighted by molar-refractivity contribution is 9.10. The maximum Gasteiger partial charge on any atom is 0.0357 e. The van der Waals surface area contributed by atoms with E-state index < -0.39 is 0 Å². The van der Waals surface area contributed by atoms with Gasteiger partial charge in [-0.25, -0.2) is 0 Å². The maximum atomic E-state index is 3.59. The van der Waals surface area contributed by atoms with Crippen LogP contribution in [-0.2, 0) is 0 Å². The molecule has 2 rings (SSSR count). The normalized spacial score (nSPS) is 18.6. The molecule has 0 heterocycles. The summed E-state index contributed by atoms with van der Waals surface area (Å²) in [7, 11) is 2.04. The fourth-order valence-electron chi connectivity index (χ4n) is 1.80. The van der Waals surface area contributed by atoms with Crippen LogP contribution in [0.25, 0.3) is 0 Å². The standard InChI is InChI=1S/C11H14BrN/c1-13-11(8-6-7-8)9-4-2-3-5-10(9)12/h2-5,8,11,13H,6-7H2,1H3. The number of halogens is 1. The fourth-order valence-corrected chi connectivity index (χ4v) is 2.33. The number of benzene rings is 1. The zero-order chi connectivity index (χ0) is 9.26. The third kappa shape index (κ3) is 1.94. The molecule has 1 saturated carbocycles. The van der Waals surface area contributed by atoms with E-state index in [9.17, 15) is 0 Å². The summed E-state index contributed by atoms with van der Waals surface area (Å²) in [5.74, 6) is 0.851. The lowest BCUT2D eigenvalue weighted by Crippen LogP contribution is -2.18. The predicted molar refractivity (Wildman–Crippen MR) is 58.7 cm³/mol. The van der Waals surface area contributed by atoms with Gasteiger partial charge >= 0.3 is 0 Å². The first-order valence-corrected chi connectivity index (χ1v) is 5.54. The Labute approximate surface area is 87.7 Å². The van der Waals surface area contributed by atoms with E-state index in [0.717, 1.165) is 5.92 Å². The molecule has 0 spiro atoms. The van der Waals surface area contributed by atoms with Crippen molar-refractivity contribution in [2.24, 2.45) is 5.92 Å². The number of rotatable bonds is 3. The van der Waals surface area contributed by atoms with Crippen molar-refractivity contribution in [3.8, 4) is 0 Å². The molecule has 1 aliphatic carbocycles. The van der Waals surface area contributed by atoms with Crippen LogP contribution in [0.15, 0.2) is 28.7 Å². The summed E-state index contributed by atoms with van der Waals surface area (Å²) >= 11 is 3.59. The lowest BCUT2D eigenvalue weighted by molar-refractivity contribution is 0.527. The monoisotopic (exact) mass is 239 g/mol. The second-order valence-corrected chi connectivity index (χ2v) is 4.48. The van der Waals surface area contributed by atoms with Gasteiger partial charge in [0.05, 0.1) is 0 Å². The van der Waals surface area contributed by atoms with Gasteiger partial charge in [-0.1, -0.05) is 34.1 Å². The Morgan fingerprint density at radius 3 is 2.62 bits per heavy atom. The van der Waals surface area contributed by atoms with Crippen LogP contribution < -0.4 is 5.32 Å². The van der Waals surface area contributed by atoms with Gasteiger partial charge in [0, 0.05) is 10.5 Å². The van der Waals surface area contributed by atoms with Gasteiger partial charge in [0.1, 0.15) is 0 Å². The Morgan fingerprint density at radius 2 is 2.08 bits per heavy atom. The van der Waals surface area contributed by atoms with E-state index in [4.69, 9.17) is 0 Å². The molecule has 0 aliphatic heterocycles. The van der Waals surface area contributed by atoms with Gasteiger partial charge in [0.25, 0.3) is 0 Å². The lowest BCUT2D eigenvalue weighted by atomic mass is 10.0. The number of hydrogen-bond acceptors (Lipinski definition) is 1. The smallest absolute Gasteiger partial charge is 0.0357 e. The first-order chi connectivity index (χ1) is 6.33. The van der Waals surface area contributed by atoms with Gasteiger partial charge < -0.3 is 5.32 Å². The summed E-state index contributed by atoms with van der Waals surface area (Å²) in [5, 5.41) is 3.39. The molecule has 0 saturated heterocycles. The molecule has 13 heavy (non-hydrogen) atoms. The first kappa shape index (κ1) is 9.22. The minimum Gasteiger partial charge on any atom is -0.313 e. The Morgan fingerprint density at radius 1 is 1.38 bits per heavy atom. The molecule has 0 aromatic heterocycles. The van der Waals surface area contributed by atoms with E-state index in [1.54, 1.807) is 0 Å². The van der Waals surface area contributed by atoms with Crippen LogP contribution in [-0.4, -0.2) is 7.05 Å². The largest absolute Gasteiger partial charge is 0.313 e. The van der Waals surface area contributed by atoms with Crippen molar-refractivity contribution < 1.29 is 0 Å². The summed E-state index contributed by atoms with van der Waals surface area (Å²) in [5.41, 5.74) is 1.40. The molecule has 1 unspecified atom stereocenters. The Balaban J connectivity index is 2.26. The topological polar surface area (TPSA) is 12.0 Å². The minimum absolute atomic E-state index is 0.538. The highest BCUT2D eigenvalue weighted by Gasteiger charge is 2.31. The molecule has 0 radical (unpaired) electrons. The molecular formula is C11H14BrN. The van der Waals surface area contributed by atoms with Crippen LogP contribution in [0.4, 0.5) is 0 Å². The van der Waals surface area contributed by atoms with E-state index in [-0.39, 0.29) is 0 Å². The quantitative estimate of drug-likeness (QED) is 0.855. The van der Waals surface area contributed by atoms with Crippen molar-refractivity contribution in [3.63, 3.8) is 0 Å². The van der Waals surface area contributed by atoms with Gasteiger partial charge in [-0.3, -0.25) is 0 Å². The van der Waals surface area contributed by atoms with Crippen molar-refractivity contribution >= 4 is 15.9 Å². The second kappa shape index (κ2) is 3.81. The zero-order valence-corrected chi connectivity index (χ0v) is 9.34. The summed E-state index contributed by atoms with van der Waals surface area (Å²) in [6, 6.07) is 9.02. The minimum atomic E-state index is 0.538. The number of nitrogens with one attached hydrogen (secondary N) is 1. The van der Waals surface area contributed by atoms with Crippen molar-refractivity contribution in [1.29, 1.82) is 0 Å². The first-order valence-electron chi connectivity index (χ1n) is 4.74. The average molecular weight is 240 g/mol. The molecule has 0 bridgehead atoms. The molecule has 1 fully saturated rings. The highest BCUT2D eigenvalue weighted by atomic mass is 79.9. The van der Waals surface area contributed by atoms with Gasteiger partial charge in [0.15, 0.2) is 0 Å². The van der Waals surface area contributed by atoms with Crippen molar-refractivity contribution in [1.82, 2.24) is 5.32 Å². The zero-order valence-electron chi connectivity index (χ0n) is 7.76. The van der Waals surface area contributed by atoms with E-state index in [2.05, 4.69) is 45.5 Å². The van der Waals surface area contributed by atoms with Crippen LogP contribution in [0.3, 0.4) is 0 Å². The highest BCUT2D eigenvalue weighted by Crippen LogP contribution is 2.42. The molecule has 1 nitrogen and oxygen atoms in total. The molecule has 70 valence electrons. The van der Waals surface area contributed by atoms with Gasteiger partial charge in [0.2, 0.25) is 0 Å². The van der Waals surface area contributed by atoms with E-state index in [0.29, 0.717) is 6.04 Å². The van der Waals surface area contributed by atoms with E-state index >= 15 is 0 Å². The summed E-state index contributed by atoms with van der Waals surface area (Å²) in [6.07, 6.45) is 2.74. The molecule has 1 atom stereocenters. The molecular weight excluding hydrogens is 226 g/mol. The molecule has 2 heteroatoms. The molecule has 1 aromatic carbocycles. The van der Waals surface area contributed by atoms with Crippen molar-refractivity contribution in [2.75, 3.05) is 7.05 Å². The average Bonchev–Trinajstić information content (AvgIpc) is 2.93. The van der Waals surface area contributed by atoms with Gasteiger partial charge in [-0.2, -0.15) is 0 Å². The third-order valence-corrected chi connectivity index (χ3v) is 3.37. The third-order valence-electron chi connectivity index (χ3n) is 2.64. The maximum absolute atomic E-state index is 3.59.